The summed E-state index contributed by atoms with van der Waals surface area (Å²) in [5, 5.41) is 16.4. The van der Waals surface area contributed by atoms with Gasteiger partial charge in [-0.05, 0) is 45.3 Å². The second-order valence-electron chi connectivity index (χ2n) is 5.04. The van der Waals surface area contributed by atoms with E-state index in [2.05, 4.69) is 41.6 Å². The average Bonchev–Trinajstić information content (AvgIpc) is 2.54. The Labute approximate surface area is 158 Å². The molecule has 5 heteroatoms. The molecule has 0 aliphatic carbocycles. The summed E-state index contributed by atoms with van der Waals surface area (Å²) in [5.74, 6) is 0. The van der Waals surface area contributed by atoms with Gasteiger partial charge < -0.3 is 32.1 Å². The lowest BCUT2D eigenvalue weighted by atomic mass is 10.2. The van der Waals surface area contributed by atoms with Gasteiger partial charge in [-0.1, -0.05) is 62.9 Å². The van der Waals surface area contributed by atoms with E-state index in [9.17, 15) is 0 Å². The first-order valence-electron chi connectivity index (χ1n) is 8.68. The minimum atomic E-state index is 0. The molecule has 0 fully saturated rings. The smallest absolute Gasteiger partial charge is 0.0528 e. The van der Waals surface area contributed by atoms with Gasteiger partial charge in [-0.25, -0.2) is 0 Å². The summed E-state index contributed by atoms with van der Waals surface area (Å²) in [6.07, 6.45) is 8.96. The molecule has 140 valence electrons. The van der Waals surface area contributed by atoms with Crippen LogP contribution in [0.2, 0.25) is 0 Å². The zero-order valence-electron chi connectivity index (χ0n) is 15.3. The normalized spacial score (nSPS) is 9.27. The summed E-state index contributed by atoms with van der Waals surface area (Å²) in [5.41, 5.74) is 0. The van der Waals surface area contributed by atoms with Gasteiger partial charge in [0.05, 0.1) is 6.61 Å². The molecule has 0 rings (SSSR count). The summed E-state index contributed by atoms with van der Waals surface area (Å²) < 4.78 is 0. The second-order valence-corrected chi connectivity index (χ2v) is 5.83. The highest BCUT2D eigenvalue weighted by Gasteiger charge is 2.01. The SMILES string of the molecule is CCCCN(CCCC)CCCC.CCCO.OCCBr.[Br-]. The average molecular weight is 450 g/mol. The summed E-state index contributed by atoms with van der Waals surface area (Å²) >= 11 is 3.00. The molecule has 3 nitrogen and oxygen atoms in total. The number of hydrogen-bond donors (Lipinski definition) is 2. The van der Waals surface area contributed by atoms with Crippen LogP contribution in [0.4, 0.5) is 0 Å². The molecular formula is C17H40Br2NO2-. The van der Waals surface area contributed by atoms with Crippen molar-refractivity contribution in [1.82, 2.24) is 4.90 Å². The Balaban J connectivity index is -0.000000150. The Morgan fingerprint density at radius 2 is 0.955 bits per heavy atom. The molecule has 0 radical (unpaired) electrons. The summed E-state index contributed by atoms with van der Waals surface area (Å²) in [4.78, 5) is 2.64. The maximum Gasteiger partial charge on any atom is 0.0528 e. The molecule has 0 atom stereocenters. The summed E-state index contributed by atoms with van der Waals surface area (Å²) in [6, 6.07) is 0. The molecule has 0 aromatic heterocycles. The van der Waals surface area contributed by atoms with Crippen LogP contribution in [0.1, 0.15) is 72.6 Å². The van der Waals surface area contributed by atoms with E-state index < -0.39 is 0 Å². The fraction of sp³-hybridized carbons (Fsp3) is 1.00. The van der Waals surface area contributed by atoms with Gasteiger partial charge in [-0.15, -0.1) is 0 Å². The number of rotatable bonds is 11. The Bertz CT molecular complexity index is 126. The lowest BCUT2D eigenvalue weighted by Crippen LogP contribution is -3.00. The van der Waals surface area contributed by atoms with Gasteiger partial charge in [0.25, 0.3) is 0 Å². The lowest BCUT2D eigenvalue weighted by molar-refractivity contribution is -0.00000692. The van der Waals surface area contributed by atoms with Gasteiger partial charge >= 0.3 is 0 Å². The molecule has 0 aliphatic rings. The van der Waals surface area contributed by atoms with Crippen molar-refractivity contribution in [2.45, 2.75) is 72.6 Å². The van der Waals surface area contributed by atoms with Crippen molar-refractivity contribution in [3.05, 3.63) is 0 Å². The van der Waals surface area contributed by atoms with E-state index >= 15 is 0 Å². The maximum atomic E-state index is 7.88. The maximum absolute atomic E-state index is 7.88. The predicted molar refractivity (Wildman–Crippen MR) is 99.4 cm³/mol. The van der Waals surface area contributed by atoms with Gasteiger partial charge in [-0.3, -0.25) is 0 Å². The fourth-order valence-electron chi connectivity index (χ4n) is 1.48. The molecule has 0 bridgehead atoms. The number of halogens is 2. The lowest BCUT2D eigenvalue weighted by Gasteiger charge is -2.21. The number of unbranched alkanes of at least 4 members (excludes halogenated alkanes) is 3. The van der Waals surface area contributed by atoms with Crippen LogP contribution in [0.15, 0.2) is 0 Å². The predicted octanol–water partition coefficient (Wildman–Crippen LogP) is 1.46. The fourth-order valence-corrected chi connectivity index (χ4v) is 1.48. The van der Waals surface area contributed by atoms with Crippen molar-refractivity contribution < 1.29 is 27.2 Å². The van der Waals surface area contributed by atoms with Crippen molar-refractivity contribution in [3.63, 3.8) is 0 Å². The zero-order chi connectivity index (χ0) is 16.8. The molecule has 0 spiro atoms. The van der Waals surface area contributed by atoms with Crippen molar-refractivity contribution in [2.75, 3.05) is 38.2 Å². The standard InChI is InChI=1S/C12H27N.C3H8O.C2H5BrO.BrH/c1-4-7-10-13(11-8-5-2)12-9-6-3;1-2-3-4;3-1-2-4;/h4-12H2,1-3H3;4H,2-3H2,1H3;4H,1-2H2;1H/p-1. The highest BCUT2D eigenvalue weighted by molar-refractivity contribution is 9.09. The van der Waals surface area contributed by atoms with Crippen LogP contribution >= 0.6 is 15.9 Å². The van der Waals surface area contributed by atoms with Crippen molar-refractivity contribution >= 4 is 15.9 Å². The number of nitrogens with zero attached hydrogens (tertiary/aromatic N) is 1. The molecule has 0 aliphatic heterocycles. The topological polar surface area (TPSA) is 43.7 Å². The molecule has 2 N–H and O–H groups in total. The highest BCUT2D eigenvalue weighted by Crippen LogP contribution is 2.01. The van der Waals surface area contributed by atoms with E-state index in [1.54, 1.807) is 0 Å². The Kier molecular flexibility index (Phi) is 46.7. The van der Waals surface area contributed by atoms with E-state index in [-0.39, 0.29) is 23.6 Å². The van der Waals surface area contributed by atoms with Crippen LogP contribution in [0.5, 0.6) is 0 Å². The Morgan fingerprint density at radius 1 is 0.682 bits per heavy atom. The van der Waals surface area contributed by atoms with Crippen LogP contribution in [0.25, 0.3) is 0 Å². The van der Waals surface area contributed by atoms with Crippen LogP contribution in [-0.2, 0) is 0 Å². The van der Waals surface area contributed by atoms with E-state index in [1.807, 2.05) is 6.92 Å². The van der Waals surface area contributed by atoms with Crippen LogP contribution in [0, 0.1) is 0 Å². The monoisotopic (exact) mass is 448 g/mol. The van der Waals surface area contributed by atoms with Crippen molar-refractivity contribution in [2.24, 2.45) is 0 Å². The number of hydrogen-bond acceptors (Lipinski definition) is 3. The minimum absolute atomic E-state index is 0. The minimum Gasteiger partial charge on any atom is -1.00 e. The van der Waals surface area contributed by atoms with Crippen LogP contribution < -0.4 is 17.0 Å². The molecule has 22 heavy (non-hydrogen) atoms. The number of alkyl halides is 1. The van der Waals surface area contributed by atoms with E-state index in [0.29, 0.717) is 11.9 Å². The molecule has 0 aromatic carbocycles. The van der Waals surface area contributed by atoms with Gasteiger partial charge in [0.2, 0.25) is 0 Å². The largest absolute Gasteiger partial charge is 1.00 e. The van der Waals surface area contributed by atoms with Crippen LogP contribution in [-0.4, -0.2) is 53.3 Å². The summed E-state index contributed by atoms with van der Waals surface area (Å²) in [6.45, 7) is 13.3. The van der Waals surface area contributed by atoms with Crippen molar-refractivity contribution in [1.29, 1.82) is 0 Å². The van der Waals surface area contributed by atoms with Gasteiger partial charge in [0.1, 0.15) is 0 Å². The van der Waals surface area contributed by atoms with E-state index in [0.717, 1.165) is 6.42 Å². The first-order valence-corrected chi connectivity index (χ1v) is 9.80. The van der Waals surface area contributed by atoms with Gasteiger partial charge in [0, 0.05) is 11.9 Å². The zero-order valence-corrected chi connectivity index (χ0v) is 18.5. The third kappa shape index (κ3) is 37.2. The Morgan fingerprint density at radius 3 is 1.09 bits per heavy atom. The molecule has 0 saturated carbocycles. The first kappa shape index (κ1) is 30.7. The third-order valence-electron chi connectivity index (χ3n) is 2.79. The molecule has 0 amide bonds. The highest BCUT2D eigenvalue weighted by atomic mass is 79.9. The first-order chi connectivity index (χ1) is 10.2. The summed E-state index contributed by atoms with van der Waals surface area (Å²) in [7, 11) is 0. The van der Waals surface area contributed by atoms with Gasteiger partial charge in [-0.2, -0.15) is 0 Å². The second kappa shape index (κ2) is 33.4. The molecule has 0 aromatic rings. The van der Waals surface area contributed by atoms with E-state index in [4.69, 9.17) is 10.2 Å². The molecule has 0 unspecified atom stereocenters. The number of aliphatic hydroxyl groups excluding tert-OH is 2. The van der Waals surface area contributed by atoms with Crippen molar-refractivity contribution in [3.8, 4) is 0 Å². The van der Waals surface area contributed by atoms with Gasteiger partial charge in [0.15, 0.2) is 0 Å². The third-order valence-corrected chi connectivity index (χ3v) is 3.15. The molecular weight excluding hydrogens is 410 g/mol. The van der Waals surface area contributed by atoms with Crippen LogP contribution in [0.3, 0.4) is 0 Å². The van der Waals surface area contributed by atoms with E-state index in [1.165, 1.54) is 58.2 Å². The quantitative estimate of drug-likeness (QED) is 0.469. The number of aliphatic hydroxyl groups is 2. The molecule has 0 saturated heterocycles. The Hall–Kier alpha value is 0.840. The molecule has 0 heterocycles.